The molecule has 11 heteroatoms. The van der Waals surface area contributed by atoms with Gasteiger partial charge in [0.05, 0.1) is 29.4 Å². The van der Waals surface area contributed by atoms with Crippen LogP contribution < -0.4 is 19.5 Å². The Kier molecular flexibility index (Phi) is 9.93. The Morgan fingerprint density at radius 2 is 1.67 bits per heavy atom. The molecule has 0 atom stereocenters. The van der Waals surface area contributed by atoms with E-state index in [1.165, 1.54) is 23.9 Å². The van der Waals surface area contributed by atoms with Gasteiger partial charge in [0.1, 0.15) is 0 Å². The standard InChI is InChI=1S/C35H33N3O6S2/c1-22(2)44-33-29(26-8-6-5-7-9-26)18-25(19-30(33)43-4)20-31-34(40)37-35(45-31)36-27-14-12-24(13-15-27)21-32(39)38-46(41,42)28-16-10-23(3)11-17-28/h5-20,22H,21H2,1-4H3,(H,38,39)(H,36,37,40)/b31-20+. The van der Waals surface area contributed by atoms with Crippen molar-refractivity contribution in [1.82, 2.24) is 4.72 Å². The number of carbonyl (C=O) groups excluding carboxylic acids is 2. The smallest absolute Gasteiger partial charge is 0.286 e. The maximum absolute atomic E-state index is 12.8. The van der Waals surface area contributed by atoms with E-state index in [0.29, 0.717) is 32.8 Å². The van der Waals surface area contributed by atoms with Crippen LogP contribution in [0.15, 0.2) is 106 Å². The van der Waals surface area contributed by atoms with Gasteiger partial charge in [-0.3, -0.25) is 9.59 Å². The minimum Gasteiger partial charge on any atom is -0.493 e. The fourth-order valence-corrected chi connectivity index (χ4v) is 6.46. The van der Waals surface area contributed by atoms with Gasteiger partial charge < -0.3 is 14.8 Å². The van der Waals surface area contributed by atoms with Gasteiger partial charge in [-0.25, -0.2) is 13.1 Å². The van der Waals surface area contributed by atoms with Gasteiger partial charge >= 0.3 is 0 Å². The number of nitrogens with one attached hydrogen (secondary N) is 2. The Balaban J connectivity index is 1.26. The number of anilines is 1. The normalized spacial score (nSPS) is 13.9. The molecule has 2 N–H and O–H groups in total. The van der Waals surface area contributed by atoms with E-state index in [4.69, 9.17) is 9.47 Å². The average Bonchev–Trinajstić information content (AvgIpc) is 3.36. The van der Waals surface area contributed by atoms with Crippen LogP contribution in [0.3, 0.4) is 0 Å². The van der Waals surface area contributed by atoms with E-state index in [-0.39, 0.29) is 23.3 Å². The first kappa shape index (κ1) is 32.5. The summed E-state index contributed by atoms with van der Waals surface area (Å²) in [6, 6.07) is 26.7. The number of ether oxygens (including phenoxy) is 2. The highest BCUT2D eigenvalue weighted by molar-refractivity contribution is 8.18. The second-order valence-corrected chi connectivity index (χ2v) is 13.5. The Labute approximate surface area is 272 Å². The van der Waals surface area contributed by atoms with Crippen LogP contribution >= 0.6 is 11.8 Å². The molecule has 5 rings (SSSR count). The molecule has 0 bridgehead atoms. The topological polar surface area (TPSA) is 123 Å². The van der Waals surface area contributed by atoms with Crippen molar-refractivity contribution in [3.63, 3.8) is 0 Å². The highest BCUT2D eigenvalue weighted by atomic mass is 32.2. The first-order valence-electron chi connectivity index (χ1n) is 14.5. The number of thioether (sulfide) groups is 1. The third kappa shape index (κ3) is 8.04. The first-order chi connectivity index (χ1) is 22.0. The Bertz CT molecular complexity index is 1920. The predicted molar refractivity (Wildman–Crippen MR) is 182 cm³/mol. The van der Waals surface area contributed by atoms with E-state index in [1.807, 2.05) is 63.2 Å². The Hall–Kier alpha value is -4.87. The van der Waals surface area contributed by atoms with Gasteiger partial charge in [-0.05, 0) is 91.7 Å². The van der Waals surface area contributed by atoms with Crippen LogP contribution in [0, 0.1) is 6.92 Å². The number of sulfonamides is 1. The lowest BCUT2D eigenvalue weighted by Gasteiger charge is -2.19. The summed E-state index contributed by atoms with van der Waals surface area (Å²) in [5.74, 6) is 0.161. The summed E-state index contributed by atoms with van der Waals surface area (Å²) in [5.41, 5.74) is 4.74. The number of aliphatic imine (C=N–C) groups is 1. The molecule has 1 aliphatic heterocycles. The quantitative estimate of drug-likeness (QED) is 0.184. The summed E-state index contributed by atoms with van der Waals surface area (Å²) in [6.45, 7) is 5.75. The summed E-state index contributed by atoms with van der Waals surface area (Å²) in [5, 5.41) is 3.54. The van der Waals surface area contributed by atoms with Gasteiger partial charge in [-0.2, -0.15) is 4.99 Å². The van der Waals surface area contributed by atoms with Crippen molar-refractivity contribution >= 4 is 50.5 Å². The van der Waals surface area contributed by atoms with Gasteiger partial charge in [-0.1, -0.05) is 60.2 Å². The molecule has 236 valence electrons. The van der Waals surface area contributed by atoms with Gasteiger partial charge in [0.15, 0.2) is 16.7 Å². The minimum absolute atomic E-state index is 0.0248. The van der Waals surface area contributed by atoms with Gasteiger partial charge in [0.2, 0.25) is 5.91 Å². The summed E-state index contributed by atoms with van der Waals surface area (Å²) in [7, 11) is -2.38. The molecule has 4 aromatic carbocycles. The van der Waals surface area contributed by atoms with Crippen LogP contribution in [0.25, 0.3) is 17.2 Å². The maximum atomic E-state index is 12.8. The third-order valence-corrected chi connectivity index (χ3v) is 9.09. The lowest BCUT2D eigenvalue weighted by atomic mass is 10.0. The van der Waals surface area contributed by atoms with Crippen LogP contribution in [-0.2, 0) is 26.0 Å². The second kappa shape index (κ2) is 14.1. The number of carbonyl (C=O) groups is 2. The molecule has 1 aliphatic rings. The lowest BCUT2D eigenvalue weighted by molar-refractivity contribution is -0.118. The number of amides is 2. The number of benzene rings is 4. The van der Waals surface area contributed by atoms with E-state index in [9.17, 15) is 18.0 Å². The Morgan fingerprint density at radius 1 is 0.978 bits per heavy atom. The fourth-order valence-electron chi connectivity index (χ4n) is 4.64. The number of hydrogen-bond acceptors (Lipinski definition) is 8. The highest BCUT2D eigenvalue weighted by Gasteiger charge is 2.24. The molecule has 9 nitrogen and oxygen atoms in total. The molecule has 4 aromatic rings. The van der Waals surface area contributed by atoms with E-state index in [2.05, 4.69) is 15.0 Å². The molecule has 46 heavy (non-hydrogen) atoms. The minimum atomic E-state index is -3.96. The molecule has 0 radical (unpaired) electrons. The zero-order valence-corrected chi connectivity index (χ0v) is 27.4. The number of methoxy groups -OCH3 is 1. The summed E-state index contributed by atoms with van der Waals surface area (Å²) < 4.78 is 39.0. The van der Waals surface area contributed by atoms with Gasteiger partial charge in [0, 0.05) is 11.3 Å². The van der Waals surface area contributed by atoms with E-state index >= 15 is 0 Å². The molecule has 0 aromatic heterocycles. The summed E-state index contributed by atoms with van der Waals surface area (Å²) in [4.78, 5) is 29.9. The molecule has 0 spiro atoms. The lowest BCUT2D eigenvalue weighted by Crippen LogP contribution is -2.31. The van der Waals surface area contributed by atoms with Gasteiger partial charge in [-0.15, -0.1) is 0 Å². The van der Waals surface area contributed by atoms with Crippen LogP contribution in [0.4, 0.5) is 5.69 Å². The van der Waals surface area contributed by atoms with Crippen LogP contribution in [0.1, 0.15) is 30.5 Å². The highest BCUT2D eigenvalue weighted by Crippen LogP contribution is 2.41. The third-order valence-electron chi connectivity index (χ3n) is 6.80. The maximum Gasteiger partial charge on any atom is 0.286 e. The number of rotatable bonds is 10. The van der Waals surface area contributed by atoms with Crippen molar-refractivity contribution in [2.24, 2.45) is 4.99 Å². The first-order valence-corrected chi connectivity index (χ1v) is 16.8. The molecule has 0 unspecified atom stereocenters. The average molecular weight is 656 g/mol. The second-order valence-electron chi connectivity index (χ2n) is 10.8. The van der Waals surface area contributed by atoms with Crippen molar-refractivity contribution in [2.75, 3.05) is 12.4 Å². The van der Waals surface area contributed by atoms with E-state index in [1.54, 1.807) is 49.6 Å². The molecule has 1 heterocycles. The molecule has 2 amide bonds. The van der Waals surface area contributed by atoms with E-state index < -0.39 is 15.9 Å². The number of aryl methyl sites for hydroxylation is 1. The Morgan fingerprint density at radius 3 is 2.33 bits per heavy atom. The van der Waals surface area contributed by atoms with Crippen molar-refractivity contribution in [3.8, 4) is 22.6 Å². The van der Waals surface area contributed by atoms with E-state index in [0.717, 1.165) is 22.3 Å². The van der Waals surface area contributed by atoms with Crippen LogP contribution in [0.2, 0.25) is 0 Å². The van der Waals surface area contributed by atoms with Crippen molar-refractivity contribution in [3.05, 3.63) is 113 Å². The summed E-state index contributed by atoms with van der Waals surface area (Å²) >= 11 is 1.21. The van der Waals surface area contributed by atoms with Crippen molar-refractivity contribution in [2.45, 2.75) is 38.2 Å². The number of nitrogens with zero attached hydrogens (tertiary/aromatic N) is 1. The number of amidine groups is 1. The molecular formula is C35H33N3O6S2. The van der Waals surface area contributed by atoms with Crippen LogP contribution in [-0.4, -0.2) is 38.6 Å². The fraction of sp³-hybridized carbons (Fsp3) is 0.171. The van der Waals surface area contributed by atoms with Gasteiger partial charge in [0.25, 0.3) is 15.9 Å². The molecule has 0 saturated heterocycles. The van der Waals surface area contributed by atoms with Crippen molar-refractivity contribution < 1.29 is 27.5 Å². The molecule has 0 saturated carbocycles. The number of hydrogen-bond donors (Lipinski definition) is 2. The zero-order valence-electron chi connectivity index (χ0n) is 25.7. The molecule has 0 aliphatic carbocycles. The predicted octanol–water partition coefficient (Wildman–Crippen LogP) is 6.59. The molecular weight excluding hydrogens is 623 g/mol. The zero-order chi connectivity index (χ0) is 32.8. The van der Waals surface area contributed by atoms with Crippen LogP contribution in [0.5, 0.6) is 11.5 Å². The largest absolute Gasteiger partial charge is 0.493 e. The van der Waals surface area contributed by atoms with Crippen molar-refractivity contribution in [1.29, 1.82) is 0 Å². The monoisotopic (exact) mass is 655 g/mol. The molecule has 0 fully saturated rings. The summed E-state index contributed by atoms with van der Waals surface area (Å²) in [6.07, 6.45) is 1.58. The SMILES string of the molecule is COc1cc(/C=C2/SC(Nc3ccc(CC(=O)NS(=O)(=O)c4ccc(C)cc4)cc3)=NC2=O)cc(-c2ccccc2)c1OC(C)C.